The smallest absolute Gasteiger partial charge is 0.312 e. The van der Waals surface area contributed by atoms with E-state index >= 15 is 0 Å². The predicted octanol–water partition coefficient (Wildman–Crippen LogP) is 0.486. The van der Waals surface area contributed by atoms with E-state index in [0.29, 0.717) is 6.42 Å². The molecule has 0 radical (unpaired) electrons. The largest absolute Gasteiger partial charge is 0.469 e. The summed E-state index contributed by atoms with van der Waals surface area (Å²) in [5.74, 6) is -0.504. The molecule has 2 atom stereocenters. The fraction of sp³-hybridized carbons (Fsp3) is 0.625. The third-order valence-electron chi connectivity index (χ3n) is 1.97. The average molecular weight is 156 g/mol. The normalized spacial score (nSPS) is 29.9. The van der Waals surface area contributed by atoms with Crippen LogP contribution < -0.4 is 0 Å². The van der Waals surface area contributed by atoms with Crippen LogP contribution >= 0.6 is 0 Å². The van der Waals surface area contributed by atoms with Crippen LogP contribution in [0.3, 0.4) is 0 Å². The number of aliphatic hydroxyl groups is 1. The van der Waals surface area contributed by atoms with Gasteiger partial charge in [0.1, 0.15) is 0 Å². The molecule has 62 valence electrons. The summed E-state index contributed by atoms with van der Waals surface area (Å²) >= 11 is 0. The number of hydrogen-bond donors (Lipinski definition) is 1. The van der Waals surface area contributed by atoms with Crippen LogP contribution in [-0.4, -0.2) is 24.3 Å². The second-order valence-electron chi connectivity index (χ2n) is 2.79. The molecule has 0 heterocycles. The highest BCUT2D eigenvalue weighted by atomic mass is 16.5. The molecule has 0 aromatic heterocycles. The minimum Gasteiger partial charge on any atom is -0.469 e. The van der Waals surface area contributed by atoms with E-state index in [4.69, 9.17) is 0 Å². The number of aliphatic hydroxyl groups excluding tert-OH is 1. The van der Waals surface area contributed by atoms with E-state index in [2.05, 4.69) is 4.74 Å². The second kappa shape index (κ2) is 3.05. The zero-order valence-electron chi connectivity index (χ0n) is 6.70. The van der Waals surface area contributed by atoms with Crippen LogP contribution in [0.4, 0.5) is 0 Å². The molecule has 3 heteroatoms. The molecule has 1 aliphatic carbocycles. The molecule has 1 rings (SSSR count). The molecule has 0 saturated carbocycles. The fourth-order valence-electron chi connectivity index (χ4n) is 1.24. The Morgan fingerprint density at radius 1 is 1.82 bits per heavy atom. The number of carbonyl (C=O) groups is 1. The van der Waals surface area contributed by atoms with Crippen LogP contribution in [0.2, 0.25) is 0 Å². The van der Waals surface area contributed by atoms with Crippen molar-refractivity contribution in [3.63, 3.8) is 0 Å². The number of rotatable bonds is 1. The lowest BCUT2D eigenvalue weighted by Gasteiger charge is -2.05. The van der Waals surface area contributed by atoms with Gasteiger partial charge in [0.25, 0.3) is 0 Å². The summed E-state index contributed by atoms with van der Waals surface area (Å²) in [6.07, 6.45) is 1.77. The van der Waals surface area contributed by atoms with Crippen molar-refractivity contribution in [1.82, 2.24) is 0 Å². The van der Waals surface area contributed by atoms with Crippen LogP contribution in [0.15, 0.2) is 11.6 Å². The highest BCUT2D eigenvalue weighted by molar-refractivity contribution is 5.75. The molecule has 1 N–H and O–H groups in total. The van der Waals surface area contributed by atoms with Crippen LogP contribution in [-0.2, 0) is 9.53 Å². The Bertz CT molecular complexity index is 196. The minimum atomic E-state index is -0.459. The average Bonchev–Trinajstić information content (AvgIpc) is 2.31. The van der Waals surface area contributed by atoms with Crippen molar-refractivity contribution in [2.75, 3.05) is 7.11 Å². The van der Waals surface area contributed by atoms with Gasteiger partial charge >= 0.3 is 5.97 Å². The standard InChI is InChI=1S/C8H12O3/c1-5-3-6(4-7(5)9)8(10)11-2/h3,6-7,9H,4H2,1-2H3/t6-,7-/m0/s1. The lowest BCUT2D eigenvalue weighted by Crippen LogP contribution is -2.14. The van der Waals surface area contributed by atoms with Gasteiger partial charge in [0.2, 0.25) is 0 Å². The summed E-state index contributed by atoms with van der Waals surface area (Å²) in [5, 5.41) is 9.24. The molecule has 0 aromatic rings. The van der Waals surface area contributed by atoms with Crippen LogP contribution in [0.5, 0.6) is 0 Å². The van der Waals surface area contributed by atoms with Gasteiger partial charge in [-0.1, -0.05) is 6.08 Å². The molecule has 0 unspecified atom stereocenters. The Morgan fingerprint density at radius 3 is 2.82 bits per heavy atom. The molecule has 0 aromatic carbocycles. The number of hydrogen-bond acceptors (Lipinski definition) is 3. The quantitative estimate of drug-likeness (QED) is 0.444. The Kier molecular flexibility index (Phi) is 2.29. The van der Waals surface area contributed by atoms with Gasteiger partial charge in [-0.25, -0.2) is 0 Å². The summed E-state index contributed by atoms with van der Waals surface area (Å²) < 4.78 is 4.54. The first-order valence-electron chi connectivity index (χ1n) is 3.59. The first-order chi connectivity index (χ1) is 5.15. The van der Waals surface area contributed by atoms with Crippen molar-refractivity contribution >= 4 is 5.97 Å². The zero-order valence-corrected chi connectivity index (χ0v) is 6.70. The number of esters is 1. The minimum absolute atomic E-state index is 0.241. The first kappa shape index (κ1) is 8.27. The van der Waals surface area contributed by atoms with Gasteiger partial charge in [0.05, 0.1) is 19.1 Å². The third kappa shape index (κ3) is 1.60. The maximum Gasteiger partial charge on any atom is 0.312 e. The molecule has 0 aliphatic heterocycles. The van der Waals surface area contributed by atoms with Gasteiger partial charge in [-0.05, 0) is 18.9 Å². The van der Waals surface area contributed by atoms with E-state index in [1.165, 1.54) is 7.11 Å². The molecular weight excluding hydrogens is 144 g/mol. The molecule has 11 heavy (non-hydrogen) atoms. The van der Waals surface area contributed by atoms with Crippen molar-refractivity contribution in [3.05, 3.63) is 11.6 Å². The summed E-state index contributed by atoms with van der Waals surface area (Å²) in [7, 11) is 1.36. The maximum absolute atomic E-state index is 10.9. The van der Waals surface area contributed by atoms with Crippen LogP contribution in [0.1, 0.15) is 13.3 Å². The Hall–Kier alpha value is -0.830. The van der Waals surface area contributed by atoms with Crippen molar-refractivity contribution in [2.45, 2.75) is 19.4 Å². The summed E-state index contributed by atoms with van der Waals surface area (Å²) in [6.45, 7) is 1.81. The highest BCUT2D eigenvalue weighted by Crippen LogP contribution is 2.24. The lowest BCUT2D eigenvalue weighted by atomic mass is 10.1. The monoisotopic (exact) mass is 156 g/mol. The topological polar surface area (TPSA) is 46.5 Å². The van der Waals surface area contributed by atoms with Crippen molar-refractivity contribution < 1.29 is 14.6 Å². The summed E-state index contributed by atoms with van der Waals surface area (Å²) in [4.78, 5) is 10.9. The predicted molar refractivity (Wildman–Crippen MR) is 39.9 cm³/mol. The van der Waals surface area contributed by atoms with E-state index in [-0.39, 0.29) is 11.9 Å². The second-order valence-corrected chi connectivity index (χ2v) is 2.79. The van der Waals surface area contributed by atoms with E-state index in [1.807, 2.05) is 6.92 Å². The Morgan fingerprint density at radius 2 is 2.45 bits per heavy atom. The Labute approximate surface area is 65.7 Å². The van der Waals surface area contributed by atoms with Gasteiger partial charge in [-0.3, -0.25) is 4.79 Å². The van der Waals surface area contributed by atoms with Gasteiger partial charge < -0.3 is 9.84 Å². The summed E-state index contributed by atoms with van der Waals surface area (Å²) in [6, 6.07) is 0. The highest BCUT2D eigenvalue weighted by Gasteiger charge is 2.27. The van der Waals surface area contributed by atoms with E-state index in [1.54, 1.807) is 6.08 Å². The van der Waals surface area contributed by atoms with Crippen molar-refractivity contribution in [2.24, 2.45) is 5.92 Å². The Balaban J connectivity index is 2.60. The van der Waals surface area contributed by atoms with Gasteiger partial charge in [-0.15, -0.1) is 0 Å². The molecule has 0 amide bonds. The molecule has 0 fully saturated rings. The van der Waals surface area contributed by atoms with E-state index < -0.39 is 6.10 Å². The fourth-order valence-corrected chi connectivity index (χ4v) is 1.24. The SMILES string of the molecule is COC(=O)[C@H]1C=C(C)[C@@H](O)C1. The lowest BCUT2D eigenvalue weighted by molar-refractivity contribution is -0.144. The van der Waals surface area contributed by atoms with Crippen LogP contribution in [0, 0.1) is 5.92 Å². The number of ether oxygens (including phenoxy) is 1. The van der Waals surface area contributed by atoms with Crippen molar-refractivity contribution in [1.29, 1.82) is 0 Å². The van der Waals surface area contributed by atoms with Gasteiger partial charge in [0, 0.05) is 0 Å². The molecule has 0 spiro atoms. The zero-order chi connectivity index (χ0) is 8.43. The first-order valence-corrected chi connectivity index (χ1v) is 3.59. The molecule has 1 aliphatic rings. The molecule has 3 nitrogen and oxygen atoms in total. The molecular formula is C8H12O3. The van der Waals surface area contributed by atoms with E-state index in [0.717, 1.165) is 5.57 Å². The van der Waals surface area contributed by atoms with Crippen LogP contribution in [0.25, 0.3) is 0 Å². The number of methoxy groups -OCH3 is 1. The maximum atomic E-state index is 10.9. The van der Waals surface area contributed by atoms with Crippen molar-refractivity contribution in [3.8, 4) is 0 Å². The third-order valence-corrected chi connectivity index (χ3v) is 1.97. The summed E-state index contributed by atoms with van der Waals surface area (Å²) in [5.41, 5.74) is 0.861. The molecule has 0 bridgehead atoms. The number of carbonyl (C=O) groups excluding carboxylic acids is 1. The van der Waals surface area contributed by atoms with E-state index in [9.17, 15) is 9.90 Å². The molecule has 0 saturated heterocycles. The van der Waals surface area contributed by atoms with Gasteiger partial charge in [0.15, 0.2) is 0 Å². The van der Waals surface area contributed by atoms with Gasteiger partial charge in [-0.2, -0.15) is 0 Å².